The van der Waals surface area contributed by atoms with Crippen LogP contribution in [0.5, 0.6) is 0 Å². The Kier molecular flexibility index (Phi) is 14.5. The van der Waals surface area contributed by atoms with Crippen LogP contribution in [0.3, 0.4) is 0 Å². The second kappa shape index (κ2) is 19.5. The lowest BCUT2D eigenvalue weighted by Crippen LogP contribution is -2.42. The number of benzene rings is 3. The molecule has 2 unspecified atom stereocenters. The molecule has 0 saturated carbocycles. The van der Waals surface area contributed by atoms with Crippen molar-refractivity contribution < 1.29 is 53.8 Å². The predicted octanol–water partition coefficient (Wildman–Crippen LogP) is 6.21. The number of anilines is 1. The Morgan fingerprint density at radius 2 is 1.26 bits per heavy atom. The molecule has 0 radical (unpaired) electrons. The number of carboxylic acids is 4. The number of amides is 2. The number of nitrogens with one attached hydrogen (secondary N) is 2. The first-order chi connectivity index (χ1) is 28.9. The molecule has 0 spiro atoms. The Labute approximate surface area is 354 Å². The second-order valence-corrected chi connectivity index (χ2v) is 16.1. The zero-order chi connectivity index (χ0) is 44.5. The summed E-state index contributed by atoms with van der Waals surface area (Å²) in [4.78, 5) is 72.6. The Morgan fingerprint density at radius 3 is 1.90 bits per heavy atom. The topological polar surface area (TPSA) is 214 Å². The number of carboxylic acid groups (broad SMARTS) is 4. The molecule has 2 heterocycles. The maximum absolute atomic E-state index is 12.7. The van der Waals surface area contributed by atoms with Crippen molar-refractivity contribution in [3.63, 3.8) is 0 Å². The molecule has 14 heteroatoms. The number of fused-ring (bicyclic) bond motifs is 4. The van der Waals surface area contributed by atoms with Crippen LogP contribution in [0.25, 0.3) is 10.8 Å². The summed E-state index contributed by atoms with van der Waals surface area (Å²) in [6.07, 6.45) is 13.2. The summed E-state index contributed by atoms with van der Waals surface area (Å²) in [5.74, 6) is -6.50. The fourth-order valence-electron chi connectivity index (χ4n) is 8.22. The summed E-state index contributed by atoms with van der Waals surface area (Å²) in [5.41, 5.74) is 5.57. The molecule has 14 nitrogen and oxygen atoms in total. The minimum atomic E-state index is -1.51. The fourth-order valence-corrected chi connectivity index (χ4v) is 8.22. The van der Waals surface area contributed by atoms with E-state index in [9.17, 15) is 39.0 Å². The third-order valence-corrected chi connectivity index (χ3v) is 11.1. The minimum Gasteiger partial charge on any atom is -0.481 e. The van der Waals surface area contributed by atoms with Crippen molar-refractivity contribution in [2.45, 2.75) is 89.1 Å². The van der Waals surface area contributed by atoms with Crippen LogP contribution < -0.4 is 15.5 Å². The summed E-state index contributed by atoms with van der Waals surface area (Å²) < 4.78 is 2.15. The van der Waals surface area contributed by atoms with Gasteiger partial charge in [-0.25, -0.2) is 9.59 Å². The molecule has 3 aromatic rings. The van der Waals surface area contributed by atoms with E-state index >= 15 is 0 Å². The van der Waals surface area contributed by atoms with Crippen LogP contribution in [0, 0.1) is 0 Å². The number of rotatable bonds is 20. The lowest BCUT2D eigenvalue weighted by molar-refractivity contribution is -0.438. The molecule has 0 saturated heterocycles. The average Bonchev–Trinajstić information content (AvgIpc) is 3.54. The summed E-state index contributed by atoms with van der Waals surface area (Å²) >= 11 is 0. The highest BCUT2D eigenvalue weighted by molar-refractivity contribution is 6.03. The van der Waals surface area contributed by atoms with Crippen molar-refractivity contribution >= 4 is 63.6 Å². The number of para-hydroxylation sites is 1. The van der Waals surface area contributed by atoms with E-state index in [2.05, 4.69) is 84.2 Å². The molecule has 0 bridgehead atoms. The highest BCUT2D eigenvalue weighted by Gasteiger charge is 2.44. The largest absolute Gasteiger partial charge is 0.481 e. The molecule has 2 amide bonds. The van der Waals surface area contributed by atoms with Gasteiger partial charge in [0.1, 0.15) is 18.6 Å². The first kappa shape index (κ1) is 45.3. The van der Waals surface area contributed by atoms with Crippen LogP contribution in [-0.2, 0) is 39.6 Å². The molecule has 3 aromatic carbocycles. The quantitative estimate of drug-likeness (QED) is 0.0556. The van der Waals surface area contributed by atoms with E-state index in [1.165, 1.54) is 0 Å². The number of carbonyl (C=O) groups excluding carboxylic acids is 2. The molecule has 2 atom stereocenters. The summed E-state index contributed by atoms with van der Waals surface area (Å²) in [6, 6.07) is 17.4. The van der Waals surface area contributed by atoms with Crippen LogP contribution in [0.15, 0.2) is 109 Å². The van der Waals surface area contributed by atoms with E-state index in [1.54, 1.807) is 0 Å². The lowest BCUT2D eigenvalue weighted by Gasteiger charge is -2.27. The molecule has 5 rings (SSSR count). The molecular weight excluding hydrogens is 781 g/mol. The number of hydrogen-bond donors (Lipinski definition) is 6. The fraction of sp³-hybridized carbons (Fsp3) is 0.340. The van der Waals surface area contributed by atoms with Gasteiger partial charge >= 0.3 is 23.9 Å². The molecule has 2 aliphatic rings. The smallest absolute Gasteiger partial charge is 0.326 e. The molecule has 0 aliphatic carbocycles. The third kappa shape index (κ3) is 10.7. The minimum absolute atomic E-state index is 0.0108. The normalized spacial score (nSPS) is 16.9. The van der Waals surface area contributed by atoms with Crippen molar-refractivity contribution in [1.82, 2.24) is 10.6 Å². The van der Waals surface area contributed by atoms with Crippen LogP contribution in [0.4, 0.5) is 11.4 Å². The molecule has 6 N–H and O–H groups in total. The van der Waals surface area contributed by atoms with Crippen LogP contribution >= 0.6 is 0 Å². The summed E-state index contributed by atoms with van der Waals surface area (Å²) in [5, 5.41) is 43.6. The predicted molar refractivity (Wildman–Crippen MR) is 231 cm³/mol. The maximum Gasteiger partial charge on any atom is 0.326 e. The van der Waals surface area contributed by atoms with Crippen molar-refractivity contribution in [3.8, 4) is 0 Å². The van der Waals surface area contributed by atoms with Crippen molar-refractivity contribution in [2.75, 3.05) is 18.0 Å². The average molecular weight is 834 g/mol. The first-order valence-electron chi connectivity index (χ1n) is 20.2. The van der Waals surface area contributed by atoms with Crippen LogP contribution in [0.1, 0.15) is 77.3 Å². The summed E-state index contributed by atoms with van der Waals surface area (Å²) in [7, 11) is 0. The zero-order valence-corrected chi connectivity index (χ0v) is 34.8. The monoisotopic (exact) mass is 833 g/mol. The highest BCUT2D eigenvalue weighted by Crippen LogP contribution is 2.50. The SMILES string of the molecule is CC1(C)C(/C=C/C=C/C=C/C=C2/N(CCCC(=O)NC(CC(=O)O)C(=O)O)c3ccc4ccccc4c3C2(C)C)=[N+](CCCC(=O)NC(CC(=O)O)C(=O)O)c2ccccc21. The standard InChI is InChI=1S/C47H52N4O10/c1-46(2)32-18-12-13-19-35(32)50(26-14-22-39(52)48-33(44(58)59)28-41(54)55)37(46)20-8-6-5-7-9-21-38-47(3,4)43-31-17-11-10-16-30(31)24-25-36(43)51(38)27-15-23-40(53)49-34(45(60)61)29-42(56)57/h5-13,16-21,24-25,33-34H,14-15,22-23,26-29H2,1-4H3,(H5-,48,49,52,53,54,55,56,57,58,59,60,61)/p+1. The van der Waals surface area contributed by atoms with Gasteiger partial charge < -0.3 is 36.0 Å². The molecular formula is C47H53N4O10+. The van der Waals surface area contributed by atoms with Crippen LogP contribution in [0.2, 0.25) is 0 Å². The number of nitrogens with zero attached hydrogens (tertiary/aromatic N) is 2. The van der Waals surface area contributed by atoms with E-state index in [0.717, 1.165) is 44.7 Å². The molecule has 320 valence electrons. The van der Waals surface area contributed by atoms with E-state index in [1.807, 2.05) is 66.8 Å². The maximum atomic E-state index is 12.7. The van der Waals surface area contributed by atoms with Gasteiger partial charge in [0, 0.05) is 60.3 Å². The van der Waals surface area contributed by atoms with Gasteiger partial charge in [0.15, 0.2) is 5.71 Å². The second-order valence-electron chi connectivity index (χ2n) is 16.1. The van der Waals surface area contributed by atoms with Crippen molar-refractivity contribution in [3.05, 3.63) is 120 Å². The van der Waals surface area contributed by atoms with Gasteiger partial charge in [-0.2, -0.15) is 4.58 Å². The van der Waals surface area contributed by atoms with E-state index in [4.69, 9.17) is 10.2 Å². The third-order valence-electron chi connectivity index (χ3n) is 11.1. The number of allylic oxidation sites excluding steroid dienone is 8. The van der Waals surface area contributed by atoms with Crippen LogP contribution in [-0.4, -0.2) is 91.6 Å². The zero-order valence-electron chi connectivity index (χ0n) is 34.8. The summed E-state index contributed by atoms with van der Waals surface area (Å²) in [6.45, 7) is 9.52. The van der Waals surface area contributed by atoms with Gasteiger partial charge in [-0.3, -0.25) is 19.2 Å². The van der Waals surface area contributed by atoms with E-state index in [-0.39, 0.29) is 18.3 Å². The Hall–Kier alpha value is -6.83. The van der Waals surface area contributed by atoms with E-state index in [0.29, 0.717) is 25.9 Å². The van der Waals surface area contributed by atoms with Gasteiger partial charge in [0.2, 0.25) is 17.5 Å². The van der Waals surface area contributed by atoms with E-state index < -0.39 is 66.0 Å². The number of carbonyl (C=O) groups is 6. The number of hydrogen-bond acceptors (Lipinski definition) is 7. The van der Waals surface area contributed by atoms with Gasteiger partial charge in [-0.1, -0.05) is 92.8 Å². The lowest BCUT2D eigenvalue weighted by atomic mass is 9.81. The first-order valence-corrected chi connectivity index (χ1v) is 20.2. The van der Waals surface area contributed by atoms with Gasteiger partial charge in [0.05, 0.1) is 18.3 Å². The number of aliphatic carboxylic acids is 4. The van der Waals surface area contributed by atoms with Gasteiger partial charge in [-0.15, -0.1) is 0 Å². The Morgan fingerprint density at radius 1 is 0.689 bits per heavy atom. The molecule has 0 aromatic heterocycles. The Bertz CT molecular complexity index is 2370. The molecule has 61 heavy (non-hydrogen) atoms. The highest BCUT2D eigenvalue weighted by atomic mass is 16.4. The molecule has 2 aliphatic heterocycles. The molecule has 0 fully saturated rings. The van der Waals surface area contributed by atoms with Gasteiger partial charge in [0.25, 0.3) is 0 Å². The Balaban J connectivity index is 1.32. The van der Waals surface area contributed by atoms with Crippen molar-refractivity contribution in [2.24, 2.45) is 0 Å². The van der Waals surface area contributed by atoms with Gasteiger partial charge in [-0.05, 0) is 48.7 Å². The van der Waals surface area contributed by atoms with Crippen molar-refractivity contribution in [1.29, 1.82) is 0 Å².